The first-order valence-corrected chi connectivity index (χ1v) is 11.9. The van der Waals surface area contributed by atoms with Crippen LogP contribution in [0.5, 0.6) is 5.75 Å². The molecule has 0 atom stereocenters. The number of fused-ring (bicyclic) bond motifs is 1. The number of aromatic nitrogens is 2. The van der Waals surface area contributed by atoms with E-state index in [1.54, 1.807) is 0 Å². The largest absolute Gasteiger partial charge is 0.494 e. The van der Waals surface area contributed by atoms with E-state index < -0.39 is 0 Å². The number of aryl methyl sites for hydroxylation is 5. The molecule has 176 valence electrons. The Morgan fingerprint density at radius 1 is 0.941 bits per heavy atom. The van der Waals surface area contributed by atoms with E-state index in [2.05, 4.69) is 41.9 Å². The molecule has 0 aliphatic rings. The van der Waals surface area contributed by atoms with Gasteiger partial charge in [0.25, 0.3) is 5.91 Å². The van der Waals surface area contributed by atoms with Gasteiger partial charge in [-0.3, -0.25) is 4.79 Å². The molecule has 0 unspecified atom stereocenters. The van der Waals surface area contributed by atoms with E-state index in [4.69, 9.17) is 9.72 Å². The minimum atomic E-state index is -0.0399. The Labute approximate surface area is 201 Å². The van der Waals surface area contributed by atoms with Crippen LogP contribution in [0, 0.1) is 27.7 Å². The minimum Gasteiger partial charge on any atom is -0.494 e. The molecule has 5 nitrogen and oxygen atoms in total. The van der Waals surface area contributed by atoms with Gasteiger partial charge in [-0.15, -0.1) is 0 Å². The average molecular weight is 456 g/mol. The Hall–Kier alpha value is -3.60. The first kappa shape index (κ1) is 23.6. The number of nitrogens with one attached hydrogen (secondary N) is 1. The van der Waals surface area contributed by atoms with Crippen LogP contribution in [0.2, 0.25) is 0 Å². The number of benzene rings is 3. The Morgan fingerprint density at radius 3 is 2.56 bits per heavy atom. The second-order valence-corrected chi connectivity index (χ2v) is 8.94. The minimum absolute atomic E-state index is 0.0399. The van der Waals surface area contributed by atoms with Gasteiger partial charge in [0.15, 0.2) is 0 Å². The number of carbonyl (C=O) groups excluding carboxylic acids is 1. The van der Waals surface area contributed by atoms with Gasteiger partial charge >= 0.3 is 0 Å². The summed E-state index contributed by atoms with van der Waals surface area (Å²) in [6.45, 7) is 10.2. The lowest BCUT2D eigenvalue weighted by molar-refractivity contribution is 0.0953. The van der Waals surface area contributed by atoms with E-state index in [0.29, 0.717) is 19.6 Å². The molecule has 0 saturated carbocycles. The van der Waals surface area contributed by atoms with Crippen molar-refractivity contribution in [3.05, 3.63) is 94.3 Å². The van der Waals surface area contributed by atoms with Crippen molar-refractivity contribution in [1.29, 1.82) is 0 Å². The Morgan fingerprint density at radius 2 is 1.76 bits per heavy atom. The molecule has 0 fully saturated rings. The van der Waals surface area contributed by atoms with Gasteiger partial charge in [0.05, 0.1) is 17.6 Å². The van der Waals surface area contributed by atoms with Crippen LogP contribution in [0.1, 0.15) is 44.9 Å². The van der Waals surface area contributed by atoms with Gasteiger partial charge < -0.3 is 14.6 Å². The van der Waals surface area contributed by atoms with Crippen LogP contribution >= 0.6 is 0 Å². The quantitative estimate of drug-likeness (QED) is 0.329. The van der Waals surface area contributed by atoms with Crippen molar-refractivity contribution in [3.8, 4) is 5.75 Å². The van der Waals surface area contributed by atoms with Gasteiger partial charge in [0.2, 0.25) is 0 Å². The molecule has 0 aliphatic carbocycles. The van der Waals surface area contributed by atoms with Crippen molar-refractivity contribution in [3.63, 3.8) is 0 Å². The topological polar surface area (TPSA) is 56.2 Å². The Balaban J connectivity index is 1.38. The van der Waals surface area contributed by atoms with E-state index in [-0.39, 0.29) is 5.91 Å². The number of para-hydroxylation sites is 2. The summed E-state index contributed by atoms with van der Waals surface area (Å²) in [5.41, 5.74) is 7.48. The molecule has 1 N–H and O–H groups in total. The molecular weight excluding hydrogens is 422 g/mol. The van der Waals surface area contributed by atoms with Gasteiger partial charge in [0.1, 0.15) is 11.6 Å². The second-order valence-electron chi connectivity index (χ2n) is 8.94. The second kappa shape index (κ2) is 10.6. The summed E-state index contributed by atoms with van der Waals surface area (Å²) in [5.74, 6) is 1.85. The molecule has 0 bridgehead atoms. The van der Waals surface area contributed by atoms with Crippen LogP contribution in [0.3, 0.4) is 0 Å². The fourth-order valence-electron chi connectivity index (χ4n) is 4.23. The highest BCUT2D eigenvalue weighted by molar-refractivity contribution is 5.95. The van der Waals surface area contributed by atoms with Gasteiger partial charge in [-0.2, -0.15) is 0 Å². The number of ether oxygens (including phenoxy) is 1. The van der Waals surface area contributed by atoms with Crippen molar-refractivity contribution in [2.75, 3.05) is 13.2 Å². The summed E-state index contributed by atoms with van der Waals surface area (Å²) in [5, 5.41) is 3.06. The van der Waals surface area contributed by atoms with Crippen molar-refractivity contribution >= 4 is 16.9 Å². The van der Waals surface area contributed by atoms with E-state index >= 15 is 0 Å². The predicted octanol–water partition coefficient (Wildman–Crippen LogP) is 5.71. The SMILES string of the molecule is Cc1ccc(C(=O)NCCc2nc3ccccc3n2CCCOc2ccc(C)c(C)c2)c(C)c1. The number of hydrogen-bond donors (Lipinski definition) is 1. The summed E-state index contributed by atoms with van der Waals surface area (Å²) < 4.78 is 8.23. The number of rotatable bonds is 9. The number of hydrogen-bond acceptors (Lipinski definition) is 3. The molecule has 4 aromatic rings. The van der Waals surface area contributed by atoms with Crippen LogP contribution in [0.15, 0.2) is 60.7 Å². The molecule has 0 radical (unpaired) electrons. The maximum atomic E-state index is 12.7. The molecule has 4 rings (SSSR count). The molecule has 0 aliphatic heterocycles. The van der Waals surface area contributed by atoms with Gasteiger partial charge in [-0.1, -0.05) is 35.9 Å². The Bertz CT molecular complexity index is 1310. The maximum absolute atomic E-state index is 12.7. The number of imidazole rings is 1. The monoisotopic (exact) mass is 455 g/mol. The highest BCUT2D eigenvalue weighted by Crippen LogP contribution is 2.19. The van der Waals surface area contributed by atoms with E-state index in [1.165, 1.54) is 11.1 Å². The third-order valence-electron chi connectivity index (χ3n) is 6.27. The number of nitrogens with zero attached hydrogens (tertiary/aromatic N) is 2. The van der Waals surface area contributed by atoms with Gasteiger partial charge in [-0.25, -0.2) is 4.98 Å². The van der Waals surface area contributed by atoms with E-state index in [1.807, 2.05) is 56.3 Å². The fraction of sp³-hybridized carbons (Fsp3) is 0.310. The summed E-state index contributed by atoms with van der Waals surface area (Å²) in [7, 11) is 0. The summed E-state index contributed by atoms with van der Waals surface area (Å²) in [4.78, 5) is 17.5. The maximum Gasteiger partial charge on any atom is 0.251 e. The van der Waals surface area contributed by atoms with E-state index in [0.717, 1.165) is 52.3 Å². The molecule has 34 heavy (non-hydrogen) atoms. The normalized spacial score (nSPS) is 11.1. The lowest BCUT2D eigenvalue weighted by atomic mass is 10.1. The lowest BCUT2D eigenvalue weighted by Gasteiger charge is -2.12. The van der Waals surface area contributed by atoms with Crippen molar-refractivity contribution in [1.82, 2.24) is 14.9 Å². The third-order valence-corrected chi connectivity index (χ3v) is 6.27. The molecule has 1 aromatic heterocycles. The van der Waals surface area contributed by atoms with Crippen molar-refractivity contribution < 1.29 is 9.53 Å². The molecular formula is C29H33N3O2. The molecule has 1 amide bonds. The number of amides is 1. The van der Waals surface area contributed by atoms with Crippen molar-refractivity contribution in [2.24, 2.45) is 0 Å². The average Bonchev–Trinajstić information content (AvgIpc) is 3.16. The summed E-state index contributed by atoms with van der Waals surface area (Å²) in [6, 6.07) is 20.3. The highest BCUT2D eigenvalue weighted by atomic mass is 16.5. The van der Waals surface area contributed by atoms with Crippen LogP contribution in [-0.2, 0) is 13.0 Å². The first-order valence-electron chi connectivity index (χ1n) is 11.9. The molecule has 3 aromatic carbocycles. The smallest absolute Gasteiger partial charge is 0.251 e. The van der Waals surface area contributed by atoms with Crippen LogP contribution in [0.4, 0.5) is 0 Å². The zero-order valence-electron chi connectivity index (χ0n) is 20.5. The van der Waals surface area contributed by atoms with Crippen LogP contribution in [0.25, 0.3) is 11.0 Å². The molecule has 5 heteroatoms. The highest BCUT2D eigenvalue weighted by Gasteiger charge is 2.12. The summed E-state index contributed by atoms with van der Waals surface area (Å²) >= 11 is 0. The molecule has 1 heterocycles. The zero-order valence-corrected chi connectivity index (χ0v) is 20.5. The molecule has 0 spiro atoms. The Kier molecular flexibility index (Phi) is 7.31. The summed E-state index contributed by atoms with van der Waals surface area (Å²) in [6.07, 6.45) is 1.54. The first-order chi connectivity index (χ1) is 16.4. The third kappa shape index (κ3) is 5.48. The lowest BCUT2D eigenvalue weighted by Crippen LogP contribution is -2.27. The van der Waals surface area contributed by atoms with Gasteiger partial charge in [0, 0.05) is 25.1 Å². The van der Waals surface area contributed by atoms with Crippen molar-refractivity contribution in [2.45, 2.75) is 47.1 Å². The number of carbonyl (C=O) groups is 1. The fourth-order valence-corrected chi connectivity index (χ4v) is 4.23. The van der Waals surface area contributed by atoms with E-state index in [9.17, 15) is 4.79 Å². The van der Waals surface area contributed by atoms with Gasteiger partial charge in [-0.05, 0) is 81.1 Å². The standard InChI is InChI=1S/C29H33N3O2/c1-20-10-13-25(23(4)18-20)29(33)30-15-14-28-31-26-8-5-6-9-27(26)32(28)16-7-17-34-24-12-11-21(2)22(3)19-24/h5-6,8-13,18-19H,7,14-17H2,1-4H3,(H,30,33). The zero-order chi connectivity index (χ0) is 24.1. The van der Waals surface area contributed by atoms with Crippen LogP contribution < -0.4 is 10.1 Å². The van der Waals surface area contributed by atoms with Crippen LogP contribution in [-0.4, -0.2) is 28.6 Å². The predicted molar refractivity (Wildman–Crippen MR) is 138 cm³/mol. The molecule has 0 saturated heterocycles.